The van der Waals surface area contributed by atoms with Crippen molar-refractivity contribution >= 4 is 20.7 Å². The number of benzene rings is 2. The van der Waals surface area contributed by atoms with Crippen LogP contribution >= 0.6 is 0 Å². The summed E-state index contributed by atoms with van der Waals surface area (Å²) in [6.45, 7) is 2.94. The Morgan fingerprint density at radius 2 is 1.77 bits per heavy atom. The summed E-state index contributed by atoms with van der Waals surface area (Å²) in [6.07, 6.45) is 1.62. The van der Waals surface area contributed by atoms with Gasteiger partial charge in [0.15, 0.2) is 0 Å². The van der Waals surface area contributed by atoms with Crippen LogP contribution in [0, 0.1) is 11.6 Å². The van der Waals surface area contributed by atoms with Crippen LogP contribution in [-0.4, -0.2) is 26.0 Å². The highest BCUT2D eigenvalue weighted by Crippen LogP contribution is 2.30. The van der Waals surface area contributed by atoms with Gasteiger partial charge in [-0.3, -0.25) is 0 Å². The Bertz CT molecular complexity index is 1090. The van der Waals surface area contributed by atoms with Crippen LogP contribution in [0.3, 0.4) is 0 Å². The molecule has 1 aliphatic rings. The number of aromatic nitrogens is 1. The number of rotatable bonds is 2. The molecule has 0 amide bonds. The van der Waals surface area contributed by atoms with Gasteiger partial charge in [-0.15, -0.1) is 0 Å². The molecule has 0 fully saturated rings. The highest BCUT2D eigenvalue weighted by Gasteiger charge is 2.23. The van der Waals surface area contributed by atoms with Crippen LogP contribution in [0.5, 0.6) is 0 Å². The molecule has 4 nitrogen and oxygen atoms in total. The molecule has 136 valence electrons. The van der Waals surface area contributed by atoms with Gasteiger partial charge in [0.1, 0.15) is 11.6 Å². The summed E-state index contributed by atoms with van der Waals surface area (Å²) < 4.78 is 52.6. The SMILES string of the molecule is CC1Cc2c([nH]c3ccc(S(=O)(=O)c4cc(F)cc(F)c4)cc23)CCN1. The molecule has 0 saturated carbocycles. The first-order chi connectivity index (χ1) is 12.3. The van der Waals surface area contributed by atoms with E-state index in [0.29, 0.717) is 6.07 Å². The van der Waals surface area contributed by atoms with Gasteiger partial charge in [0, 0.05) is 41.7 Å². The number of hydrogen-bond acceptors (Lipinski definition) is 3. The minimum Gasteiger partial charge on any atom is -0.358 e. The minimum absolute atomic E-state index is 0.0293. The summed E-state index contributed by atoms with van der Waals surface area (Å²) in [5, 5.41) is 4.24. The number of sulfone groups is 1. The van der Waals surface area contributed by atoms with Gasteiger partial charge in [-0.2, -0.15) is 0 Å². The van der Waals surface area contributed by atoms with Crippen LogP contribution in [0.2, 0.25) is 0 Å². The Morgan fingerprint density at radius 3 is 2.50 bits per heavy atom. The molecule has 26 heavy (non-hydrogen) atoms. The van der Waals surface area contributed by atoms with E-state index in [4.69, 9.17) is 0 Å². The van der Waals surface area contributed by atoms with Crippen LogP contribution in [0.15, 0.2) is 46.2 Å². The average Bonchev–Trinajstić information content (AvgIpc) is 2.79. The van der Waals surface area contributed by atoms with Gasteiger partial charge in [0.25, 0.3) is 0 Å². The Hall–Kier alpha value is -2.25. The van der Waals surface area contributed by atoms with Crippen molar-refractivity contribution in [1.29, 1.82) is 0 Å². The van der Waals surface area contributed by atoms with Gasteiger partial charge in [-0.1, -0.05) is 0 Å². The van der Waals surface area contributed by atoms with E-state index in [-0.39, 0.29) is 15.8 Å². The molecule has 2 heterocycles. The van der Waals surface area contributed by atoms with E-state index in [0.717, 1.165) is 53.7 Å². The fourth-order valence-electron chi connectivity index (χ4n) is 3.54. The molecular weight excluding hydrogens is 358 g/mol. The second kappa shape index (κ2) is 6.17. The van der Waals surface area contributed by atoms with Crippen molar-refractivity contribution in [2.45, 2.75) is 35.6 Å². The highest BCUT2D eigenvalue weighted by atomic mass is 32.2. The van der Waals surface area contributed by atoms with E-state index in [1.165, 1.54) is 6.07 Å². The molecule has 1 aromatic heterocycles. The zero-order valence-electron chi connectivity index (χ0n) is 14.1. The molecule has 2 aromatic carbocycles. The Kier molecular flexibility index (Phi) is 4.08. The van der Waals surface area contributed by atoms with E-state index in [1.807, 2.05) is 0 Å². The molecule has 1 atom stereocenters. The van der Waals surface area contributed by atoms with Crippen LogP contribution < -0.4 is 5.32 Å². The predicted octanol–water partition coefficient (Wildman–Crippen LogP) is 3.36. The van der Waals surface area contributed by atoms with Gasteiger partial charge in [0.2, 0.25) is 9.84 Å². The van der Waals surface area contributed by atoms with E-state index in [2.05, 4.69) is 17.2 Å². The summed E-state index contributed by atoms with van der Waals surface area (Å²) in [7, 11) is -4.01. The van der Waals surface area contributed by atoms with Crippen LogP contribution in [0.25, 0.3) is 10.9 Å². The Balaban J connectivity index is 1.87. The highest BCUT2D eigenvalue weighted by molar-refractivity contribution is 7.91. The third-order valence-electron chi connectivity index (χ3n) is 4.80. The third kappa shape index (κ3) is 2.91. The molecular formula is C19H18F2N2O2S. The lowest BCUT2D eigenvalue weighted by Gasteiger charge is -2.10. The largest absolute Gasteiger partial charge is 0.358 e. The molecule has 0 spiro atoms. The van der Waals surface area contributed by atoms with Crippen LogP contribution in [0.4, 0.5) is 8.78 Å². The number of H-pyrrole nitrogens is 1. The van der Waals surface area contributed by atoms with Gasteiger partial charge < -0.3 is 10.3 Å². The maximum atomic E-state index is 13.5. The number of halogens is 2. The lowest BCUT2D eigenvalue weighted by atomic mass is 10.0. The van der Waals surface area contributed by atoms with Gasteiger partial charge in [-0.25, -0.2) is 17.2 Å². The van der Waals surface area contributed by atoms with E-state index >= 15 is 0 Å². The van der Waals surface area contributed by atoms with E-state index in [1.54, 1.807) is 12.1 Å². The predicted molar refractivity (Wildman–Crippen MR) is 95.0 cm³/mol. The fourth-order valence-corrected chi connectivity index (χ4v) is 4.87. The lowest BCUT2D eigenvalue weighted by molar-refractivity contribution is 0.567. The van der Waals surface area contributed by atoms with Crippen molar-refractivity contribution in [3.63, 3.8) is 0 Å². The number of fused-ring (bicyclic) bond motifs is 3. The normalized spacial score (nSPS) is 17.9. The Morgan fingerprint density at radius 1 is 1.04 bits per heavy atom. The summed E-state index contributed by atoms with van der Waals surface area (Å²) in [5.74, 6) is -1.83. The molecule has 2 N–H and O–H groups in total. The molecule has 1 aliphatic heterocycles. The number of hydrogen-bond donors (Lipinski definition) is 2. The topological polar surface area (TPSA) is 62.0 Å². The average molecular weight is 376 g/mol. The first kappa shape index (κ1) is 17.2. The monoisotopic (exact) mass is 376 g/mol. The second-order valence-electron chi connectivity index (χ2n) is 6.71. The number of nitrogens with one attached hydrogen (secondary N) is 2. The summed E-state index contributed by atoms with van der Waals surface area (Å²) in [5.41, 5.74) is 3.07. The van der Waals surface area contributed by atoms with E-state index < -0.39 is 21.5 Å². The lowest BCUT2D eigenvalue weighted by Crippen LogP contribution is -2.27. The van der Waals surface area contributed by atoms with Crippen molar-refractivity contribution in [2.75, 3.05) is 6.54 Å². The number of aromatic amines is 1. The molecule has 0 radical (unpaired) electrons. The van der Waals surface area contributed by atoms with Crippen LogP contribution in [-0.2, 0) is 22.7 Å². The zero-order valence-corrected chi connectivity index (χ0v) is 15.0. The molecule has 7 heteroatoms. The van der Waals surface area contributed by atoms with Gasteiger partial charge in [-0.05, 0) is 49.2 Å². The minimum atomic E-state index is -4.01. The van der Waals surface area contributed by atoms with Crippen molar-refractivity contribution in [1.82, 2.24) is 10.3 Å². The maximum absolute atomic E-state index is 13.5. The second-order valence-corrected chi connectivity index (χ2v) is 8.66. The standard InChI is InChI=1S/C19H18F2N2O2S/c1-11-6-16-17-10-14(2-3-18(17)23-19(16)4-5-22-11)26(24,25)15-8-12(20)7-13(21)9-15/h2-3,7-11,22-23H,4-6H2,1H3. The smallest absolute Gasteiger partial charge is 0.206 e. The third-order valence-corrected chi connectivity index (χ3v) is 6.53. The first-order valence-corrected chi connectivity index (χ1v) is 9.91. The van der Waals surface area contributed by atoms with Crippen molar-refractivity contribution < 1.29 is 17.2 Å². The van der Waals surface area contributed by atoms with Crippen molar-refractivity contribution in [3.05, 3.63) is 59.3 Å². The van der Waals surface area contributed by atoms with Gasteiger partial charge >= 0.3 is 0 Å². The molecule has 0 aliphatic carbocycles. The zero-order chi connectivity index (χ0) is 18.5. The molecule has 1 unspecified atom stereocenters. The molecule has 3 aromatic rings. The van der Waals surface area contributed by atoms with Gasteiger partial charge in [0.05, 0.1) is 9.79 Å². The van der Waals surface area contributed by atoms with Crippen molar-refractivity contribution in [2.24, 2.45) is 0 Å². The Labute approximate surface area is 150 Å². The summed E-state index contributed by atoms with van der Waals surface area (Å²) in [6, 6.07) is 7.40. The summed E-state index contributed by atoms with van der Waals surface area (Å²) >= 11 is 0. The maximum Gasteiger partial charge on any atom is 0.206 e. The van der Waals surface area contributed by atoms with E-state index in [9.17, 15) is 17.2 Å². The molecule has 0 bridgehead atoms. The molecule has 4 rings (SSSR count). The van der Waals surface area contributed by atoms with Crippen molar-refractivity contribution in [3.8, 4) is 0 Å². The quantitative estimate of drug-likeness (QED) is 0.721. The van der Waals surface area contributed by atoms with Crippen LogP contribution in [0.1, 0.15) is 18.2 Å². The fraction of sp³-hybridized carbons (Fsp3) is 0.263. The molecule has 0 saturated heterocycles. The first-order valence-electron chi connectivity index (χ1n) is 8.42. The summed E-state index contributed by atoms with van der Waals surface area (Å²) in [4.78, 5) is 3.00.